The Morgan fingerprint density at radius 2 is 1.71 bits per heavy atom. The van der Waals surface area contributed by atoms with E-state index in [0.717, 1.165) is 18.4 Å². The molecule has 2 unspecified atom stereocenters. The molecule has 4 aliphatic rings. The Balaban J connectivity index is 1.55. The summed E-state index contributed by atoms with van der Waals surface area (Å²) in [5.74, 6) is 2.11. The Bertz CT molecular complexity index is 368. The normalized spacial score (nSPS) is 42.0. The number of hydrogen-bond donors (Lipinski definition) is 1. The van der Waals surface area contributed by atoms with Gasteiger partial charge in [-0.05, 0) is 89.0 Å². The molecule has 2 atom stereocenters. The first-order chi connectivity index (χ1) is 9.67. The summed E-state index contributed by atoms with van der Waals surface area (Å²) in [5.41, 5.74) is 1.60. The maximum atomic E-state index is 3.63. The van der Waals surface area contributed by atoms with Crippen LogP contribution in [0.2, 0.25) is 0 Å². The van der Waals surface area contributed by atoms with Crippen molar-refractivity contribution in [2.45, 2.75) is 71.8 Å². The zero-order chi connectivity index (χ0) is 15.3. The van der Waals surface area contributed by atoms with Crippen LogP contribution >= 0.6 is 0 Å². The molecule has 0 radical (unpaired) electrons. The fourth-order valence-electron chi connectivity index (χ4n) is 6.39. The van der Waals surface area contributed by atoms with E-state index < -0.39 is 0 Å². The summed E-state index contributed by atoms with van der Waals surface area (Å²) in [6.45, 7) is 13.0. The molecule has 0 aliphatic heterocycles. The Hall–Kier alpha value is -0.0800. The molecule has 0 saturated heterocycles. The van der Waals surface area contributed by atoms with Gasteiger partial charge in [0.15, 0.2) is 0 Å². The van der Waals surface area contributed by atoms with Crippen molar-refractivity contribution >= 4 is 0 Å². The largest absolute Gasteiger partial charge is 0.311 e. The van der Waals surface area contributed by atoms with Crippen LogP contribution in [-0.4, -0.2) is 37.1 Å². The molecule has 2 nitrogen and oxygen atoms in total. The van der Waals surface area contributed by atoms with Gasteiger partial charge in [0.1, 0.15) is 0 Å². The van der Waals surface area contributed by atoms with Crippen molar-refractivity contribution in [3.8, 4) is 0 Å². The minimum atomic E-state index is 0.245. The first-order valence-electron chi connectivity index (χ1n) is 9.11. The predicted octanol–water partition coefficient (Wildman–Crippen LogP) is 3.91. The van der Waals surface area contributed by atoms with Crippen molar-refractivity contribution in [1.29, 1.82) is 0 Å². The zero-order valence-electron chi connectivity index (χ0n) is 15.0. The van der Waals surface area contributed by atoms with Crippen LogP contribution in [0.1, 0.15) is 66.2 Å². The Kier molecular flexibility index (Phi) is 3.94. The topological polar surface area (TPSA) is 15.3 Å². The third-order valence-electron chi connectivity index (χ3n) is 6.23. The molecule has 4 aliphatic carbocycles. The van der Waals surface area contributed by atoms with Gasteiger partial charge in [-0.15, -0.1) is 0 Å². The highest BCUT2D eigenvalue weighted by Crippen LogP contribution is 2.65. The zero-order valence-corrected chi connectivity index (χ0v) is 15.0. The summed E-state index contributed by atoms with van der Waals surface area (Å²) in [4.78, 5) is 2.61. The van der Waals surface area contributed by atoms with Crippen molar-refractivity contribution < 1.29 is 0 Å². The van der Waals surface area contributed by atoms with Crippen LogP contribution in [0.25, 0.3) is 0 Å². The first kappa shape index (κ1) is 15.8. The highest BCUT2D eigenvalue weighted by Gasteiger charge is 2.55. The average Bonchev–Trinajstić information content (AvgIpc) is 2.21. The summed E-state index contributed by atoms with van der Waals surface area (Å²) < 4.78 is 0. The van der Waals surface area contributed by atoms with Crippen LogP contribution in [0.15, 0.2) is 0 Å². The molecule has 4 bridgehead atoms. The molecule has 0 aromatic rings. The van der Waals surface area contributed by atoms with Gasteiger partial charge in [0.25, 0.3) is 0 Å². The van der Waals surface area contributed by atoms with Crippen LogP contribution in [0.4, 0.5) is 0 Å². The molecule has 4 fully saturated rings. The Morgan fingerprint density at radius 3 is 2.24 bits per heavy atom. The lowest BCUT2D eigenvalue weighted by molar-refractivity contribution is -0.111. The minimum Gasteiger partial charge on any atom is -0.311 e. The smallest absolute Gasteiger partial charge is 0.0104 e. The summed E-state index contributed by atoms with van der Waals surface area (Å²) in [6.07, 6.45) is 9.16. The second kappa shape index (κ2) is 5.23. The van der Waals surface area contributed by atoms with Gasteiger partial charge in [0.05, 0.1) is 0 Å². The van der Waals surface area contributed by atoms with Crippen molar-refractivity contribution in [3.63, 3.8) is 0 Å². The SMILES string of the molecule is CN(CCNC(C)(C)C)CC12CC3CC(CC(C)(C3)C1)C2. The van der Waals surface area contributed by atoms with E-state index in [4.69, 9.17) is 0 Å². The molecule has 4 saturated carbocycles. The number of likely N-dealkylation sites (N-methyl/N-ethyl adjacent to an activating group) is 1. The lowest BCUT2D eigenvalue weighted by atomic mass is 9.44. The van der Waals surface area contributed by atoms with E-state index >= 15 is 0 Å². The van der Waals surface area contributed by atoms with Gasteiger partial charge >= 0.3 is 0 Å². The monoisotopic (exact) mass is 292 g/mol. The molecule has 0 spiro atoms. The van der Waals surface area contributed by atoms with Gasteiger partial charge in [0.2, 0.25) is 0 Å². The molecule has 21 heavy (non-hydrogen) atoms. The second-order valence-electron chi connectivity index (χ2n) is 10.2. The number of rotatable bonds is 5. The van der Waals surface area contributed by atoms with Crippen LogP contribution in [0.3, 0.4) is 0 Å². The van der Waals surface area contributed by atoms with Crippen molar-refractivity contribution in [1.82, 2.24) is 10.2 Å². The van der Waals surface area contributed by atoms with Gasteiger partial charge in [0, 0.05) is 25.2 Å². The average molecular weight is 293 g/mol. The number of nitrogens with zero attached hydrogens (tertiary/aromatic N) is 1. The van der Waals surface area contributed by atoms with Crippen molar-refractivity contribution in [3.05, 3.63) is 0 Å². The molecule has 0 amide bonds. The molecule has 4 rings (SSSR count). The number of hydrogen-bond acceptors (Lipinski definition) is 2. The van der Waals surface area contributed by atoms with Gasteiger partial charge in [-0.1, -0.05) is 6.92 Å². The fraction of sp³-hybridized carbons (Fsp3) is 1.00. The predicted molar refractivity (Wildman–Crippen MR) is 90.5 cm³/mol. The highest BCUT2D eigenvalue weighted by molar-refractivity contribution is 5.06. The van der Waals surface area contributed by atoms with Gasteiger partial charge < -0.3 is 10.2 Å². The Labute approximate surface area is 132 Å². The standard InChI is InChI=1S/C19H36N2/c1-17(2,3)20-6-7-21(5)14-19-11-15-8-16(12-19)10-18(4,9-15)13-19/h15-16,20H,6-14H2,1-5H3. The summed E-state index contributed by atoms with van der Waals surface area (Å²) >= 11 is 0. The van der Waals surface area contributed by atoms with E-state index in [9.17, 15) is 0 Å². The van der Waals surface area contributed by atoms with E-state index in [1.165, 1.54) is 45.2 Å². The van der Waals surface area contributed by atoms with Crippen molar-refractivity contribution in [2.75, 3.05) is 26.7 Å². The van der Waals surface area contributed by atoms with E-state index in [1.54, 1.807) is 6.42 Å². The Morgan fingerprint density at radius 1 is 1.10 bits per heavy atom. The van der Waals surface area contributed by atoms with E-state index in [0.29, 0.717) is 10.8 Å². The van der Waals surface area contributed by atoms with Gasteiger partial charge in [-0.2, -0.15) is 0 Å². The maximum absolute atomic E-state index is 3.63. The lowest BCUT2D eigenvalue weighted by Gasteiger charge is -2.62. The second-order valence-corrected chi connectivity index (χ2v) is 10.2. The lowest BCUT2D eigenvalue weighted by Crippen LogP contribution is -2.54. The molecule has 0 aromatic carbocycles. The molecule has 1 N–H and O–H groups in total. The van der Waals surface area contributed by atoms with Crippen LogP contribution in [0, 0.1) is 22.7 Å². The molecular formula is C19H36N2. The molecular weight excluding hydrogens is 256 g/mol. The van der Waals surface area contributed by atoms with Crippen molar-refractivity contribution in [2.24, 2.45) is 22.7 Å². The number of nitrogens with one attached hydrogen (secondary N) is 1. The van der Waals surface area contributed by atoms with Gasteiger partial charge in [-0.3, -0.25) is 0 Å². The summed E-state index contributed by atoms with van der Waals surface area (Å²) in [5, 5.41) is 3.63. The molecule has 2 heteroatoms. The van der Waals surface area contributed by atoms with Crippen LogP contribution in [-0.2, 0) is 0 Å². The summed E-state index contributed by atoms with van der Waals surface area (Å²) in [7, 11) is 2.34. The maximum Gasteiger partial charge on any atom is 0.0104 e. The van der Waals surface area contributed by atoms with Crippen LogP contribution < -0.4 is 5.32 Å². The molecule has 0 heterocycles. The van der Waals surface area contributed by atoms with E-state index in [2.05, 4.69) is 45.0 Å². The minimum absolute atomic E-state index is 0.245. The molecule has 122 valence electrons. The highest BCUT2D eigenvalue weighted by atomic mass is 15.1. The molecule has 0 aromatic heterocycles. The van der Waals surface area contributed by atoms with E-state index in [-0.39, 0.29) is 5.54 Å². The summed E-state index contributed by atoms with van der Waals surface area (Å²) in [6, 6.07) is 0. The fourth-order valence-corrected chi connectivity index (χ4v) is 6.39. The third kappa shape index (κ3) is 3.64. The van der Waals surface area contributed by atoms with Crippen LogP contribution in [0.5, 0.6) is 0 Å². The van der Waals surface area contributed by atoms with Gasteiger partial charge in [-0.25, -0.2) is 0 Å². The first-order valence-corrected chi connectivity index (χ1v) is 9.11. The third-order valence-corrected chi connectivity index (χ3v) is 6.23. The quantitative estimate of drug-likeness (QED) is 0.826. The van der Waals surface area contributed by atoms with E-state index in [1.807, 2.05) is 0 Å².